The van der Waals surface area contributed by atoms with E-state index in [0.29, 0.717) is 23.0 Å². The van der Waals surface area contributed by atoms with Gasteiger partial charge in [-0.2, -0.15) is 5.26 Å². The molecule has 0 bridgehead atoms. The van der Waals surface area contributed by atoms with Crippen LogP contribution in [0.5, 0.6) is 5.75 Å². The fourth-order valence-electron chi connectivity index (χ4n) is 6.49. The van der Waals surface area contributed by atoms with Gasteiger partial charge in [-0.1, -0.05) is 19.9 Å². The van der Waals surface area contributed by atoms with Gasteiger partial charge >= 0.3 is 0 Å². The fraction of sp³-hybridized carbons (Fsp3) is 0.682. The Hall–Kier alpha value is -1.49. The van der Waals surface area contributed by atoms with Crippen LogP contribution in [-0.2, 0) is 12.8 Å². The van der Waals surface area contributed by atoms with Crippen molar-refractivity contribution >= 4 is 0 Å². The molecular weight excluding hydrogens is 294 g/mol. The molecule has 4 rings (SSSR count). The van der Waals surface area contributed by atoms with Crippen LogP contribution in [0, 0.1) is 34.5 Å². The summed E-state index contributed by atoms with van der Waals surface area (Å²) in [6.07, 6.45) is 9.13. The zero-order valence-corrected chi connectivity index (χ0v) is 15.0. The Bertz CT molecular complexity index is 688. The molecule has 2 nitrogen and oxygen atoms in total. The van der Waals surface area contributed by atoms with Crippen molar-refractivity contribution in [2.24, 2.45) is 23.2 Å². The molecule has 3 aliphatic carbocycles. The maximum absolute atomic E-state index is 10.2. The molecule has 0 heterocycles. The van der Waals surface area contributed by atoms with Crippen LogP contribution < -0.4 is 0 Å². The van der Waals surface area contributed by atoms with Crippen LogP contribution >= 0.6 is 0 Å². The van der Waals surface area contributed by atoms with E-state index >= 15 is 0 Å². The van der Waals surface area contributed by atoms with Crippen LogP contribution in [0.25, 0.3) is 0 Å². The maximum Gasteiger partial charge on any atom is 0.119 e. The summed E-state index contributed by atoms with van der Waals surface area (Å²) in [6.45, 7) is 4.61. The Morgan fingerprint density at radius 3 is 2.83 bits per heavy atom. The van der Waals surface area contributed by atoms with Gasteiger partial charge in [0.2, 0.25) is 0 Å². The van der Waals surface area contributed by atoms with E-state index in [1.165, 1.54) is 43.2 Å². The summed E-state index contributed by atoms with van der Waals surface area (Å²) in [4.78, 5) is 0. The SMILES string of the molecule is CCc1cc2c(cc1O)CCC1C2CC[C@@]2(C)C1CC[C@@H]2CC#N. The molecule has 2 fully saturated rings. The van der Waals surface area contributed by atoms with Crippen molar-refractivity contribution in [2.75, 3.05) is 0 Å². The first kappa shape index (κ1) is 16.0. The molecule has 2 heteroatoms. The number of nitriles is 1. The zero-order chi connectivity index (χ0) is 16.9. The summed E-state index contributed by atoms with van der Waals surface area (Å²) in [5.41, 5.74) is 4.42. The average molecular weight is 323 g/mol. The first-order chi connectivity index (χ1) is 11.6. The molecule has 128 valence electrons. The quantitative estimate of drug-likeness (QED) is 0.798. The molecule has 3 unspecified atom stereocenters. The highest BCUT2D eigenvalue weighted by molar-refractivity contribution is 5.45. The minimum atomic E-state index is 0.388. The Labute approximate surface area is 145 Å². The summed E-state index contributed by atoms with van der Waals surface area (Å²) in [5, 5.41) is 19.4. The number of fused-ring (bicyclic) bond motifs is 5. The molecule has 24 heavy (non-hydrogen) atoms. The number of nitrogens with zero attached hydrogens (tertiary/aromatic N) is 1. The first-order valence-electron chi connectivity index (χ1n) is 9.80. The first-order valence-corrected chi connectivity index (χ1v) is 9.80. The van der Waals surface area contributed by atoms with E-state index in [-0.39, 0.29) is 0 Å². The third kappa shape index (κ3) is 2.20. The normalized spacial score (nSPS) is 37.2. The molecule has 0 radical (unpaired) electrons. The second kappa shape index (κ2) is 5.80. The number of hydrogen-bond donors (Lipinski definition) is 1. The molecule has 1 aromatic carbocycles. The van der Waals surface area contributed by atoms with Crippen molar-refractivity contribution in [1.82, 2.24) is 0 Å². The lowest BCUT2D eigenvalue weighted by Crippen LogP contribution is -2.42. The van der Waals surface area contributed by atoms with Gasteiger partial charge in [0.25, 0.3) is 0 Å². The number of aromatic hydroxyl groups is 1. The van der Waals surface area contributed by atoms with Gasteiger partial charge < -0.3 is 5.11 Å². The number of hydrogen-bond acceptors (Lipinski definition) is 2. The Balaban J connectivity index is 1.68. The van der Waals surface area contributed by atoms with E-state index in [0.717, 1.165) is 36.7 Å². The van der Waals surface area contributed by atoms with Crippen LogP contribution in [0.3, 0.4) is 0 Å². The van der Waals surface area contributed by atoms with E-state index in [1.807, 2.05) is 6.07 Å². The summed E-state index contributed by atoms with van der Waals surface area (Å²) < 4.78 is 0. The minimum Gasteiger partial charge on any atom is -0.508 e. The average Bonchev–Trinajstić information content (AvgIpc) is 2.91. The smallest absolute Gasteiger partial charge is 0.119 e. The lowest BCUT2D eigenvalue weighted by atomic mass is 9.54. The predicted molar refractivity (Wildman–Crippen MR) is 95.8 cm³/mol. The largest absolute Gasteiger partial charge is 0.508 e. The van der Waals surface area contributed by atoms with Gasteiger partial charge in [0, 0.05) is 6.42 Å². The van der Waals surface area contributed by atoms with Crippen molar-refractivity contribution in [3.8, 4) is 11.8 Å². The molecule has 0 aromatic heterocycles. The standard InChI is InChI=1S/C22H29NO/c1-3-14-12-19-15(13-21(14)24)4-6-18-17(19)8-10-22(2)16(9-11-23)5-7-20(18)22/h12-13,16-18,20,24H,3-10H2,1-2H3/t16-,17?,18?,20?,22-/m1/s1. The molecule has 2 saturated carbocycles. The highest BCUT2D eigenvalue weighted by Gasteiger charge is 2.54. The van der Waals surface area contributed by atoms with Gasteiger partial charge in [0.05, 0.1) is 6.07 Å². The Morgan fingerprint density at radius 1 is 1.25 bits per heavy atom. The van der Waals surface area contributed by atoms with Crippen LogP contribution in [0.1, 0.15) is 75.0 Å². The molecule has 0 saturated heterocycles. The van der Waals surface area contributed by atoms with Crippen molar-refractivity contribution in [3.63, 3.8) is 0 Å². The number of phenolic OH excluding ortho intramolecular Hbond substituents is 1. The highest BCUT2D eigenvalue weighted by atomic mass is 16.3. The van der Waals surface area contributed by atoms with Gasteiger partial charge in [0.15, 0.2) is 0 Å². The van der Waals surface area contributed by atoms with Gasteiger partial charge in [-0.15, -0.1) is 0 Å². The maximum atomic E-state index is 10.2. The fourth-order valence-corrected chi connectivity index (χ4v) is 6.49. The van der Waals surface area contributed by atoms with Crippen molar-refractivity contribution in [2.45, 2.75) is 71.1 Å². The van der Waals surface area contributed by atoms with Crippen LogP contribution in [-0.4, -0.2) is 5.11 Å². The van der Waals surface area contributed by atoms with E-state index < -0.39 is 0 Å². The molecule has 5 atom stereocenters. The Kier molecular flexibility index (Phi) is 3.87. The molecule has 1 N–H and O–H groups in total. The lowest BCUT2D eigenvalue weighted by molar-refractivity contribution is 0.0297. The monoisotopic (exact) mass is 323 g/mol. The van der Waals surface area contributed by atoms with Gasteiger partial charge in [-0.05, 0) is 96.8 Å². The highest BCUT2D eigenvalue weighted by Crippen LogP contribution is 2.63. The van der Waals surface area contributed by atoms with Crippen molar-refractivity contribution in [1.29, 1.82) is 5.26 Å². The van der Waals surface area contributed by atoms with E-state index in [4.69, 9.17) is 0 Å². The molecule has 0 spiro atoms. The summed E-state index contributed by atoms with van der Waals surface area (Å²) in [6, 6.07) is 6.81. The Morgan fingerprint density at radius 2 is 2.08 bits per heavy atom. The van der Waals surface area contributed by atoms with Gasteiger partial charge in [-0.25, -0.2) is 0 Å². The van der Waals surface area contributed by atoms with E-state index in [1.54, 1.807) is 0 Å². The van der Waals surface area contributed by atoms with Crippen LogP contribution in [0.15, 0.2) is 12.1 Å². The molecule has 1 aromatic rings. The number of rotatable bonds is 2. The second-order valence-corrected chi connectivity index (χ2v) is 8.63. The molecule has 3 aliphatic rings. The lowest BCUT2D eigenvalue weighted by Gasteiger charge is -2.51. The van der Waals surface area contributed by atoms with Crippen molar-refractivity contribution < 1.29 is 5.11 Å². The summed E-state index contributed by atoms with van der Waals surface area (Å²) in [7, 11) is 0. The summed E-state index contributed by atoms with van der Waals surface area (Å²) >= 11 is 0. The van der Waals surface area contributed by atoms with Crippen LogP contribution in [0.2, 0.25) is 0 Å². The van der Waals surface area contributed by atoms with Gasteiger partial charge in [-0.3, -0.25) is 0 Å². The molecule has 0 aliphatic heterocycles. The molecule has 0 amide bonds. The number of aryl methyl sites for hydroxylation is 2. The van der Waals surface area contributed by atoms with E-state index in [2.05, 4.69) is 26.0 Å². The van der Waals surface area contributed by atoms with Crippen LogP contribution in [0.4, 0.5) is 0 Å². The zero-order valence-electron chi connectivity index (χ0n) is 15.0. The third-order valence-corrected chi connectivity index (χ3v) is 7.84. The van der Waals surface area contributed by atoms with Gasteiger partial charge in [0.1, 0.15) is 5.75 Å². The third-order valence-electron chi connectivity index (χ3n) is 7.84. The van der Waals surface area contributed by atoms with E-state index in [9.17, 15) is 10.4 Å². The summed E-state index contributed by atoms with van der Waals surface area (Å²) in [5.74, 6) is 3.36. The second-order valence-electron chi connectivity index (χ2n) is 8.63. The minimum absolute atomic E-state index is 0.388. The van der Waals surface area contributed by atoms with Crippen molar-refractivity contribution in [3.05, 3.63) is 28.8 Å². The predicted octanol–water partition coefficient (Wildman–Crippen LogP) is 5.34. The number of benzene rings is 1. The number of phenols is 1. The molecular formula is C22H29NO. The topological polar surface area (TPSA) is 44.0 Å².